The van der Waals surface area contributed by atoms with E-state index in [1.165, 1.54) is 8.99 Å². The van der Waals surface area contributed by atoms with Gasteiger partial charge in [-0.2, -0.15) is 4.31 Å². The first-order valence-electron chi connectivity index (χ1n) is 9.79. The summed E-state index contributed by atoms with van der Waals surface area (Å²) in [5.74, 6) is 0. The molecule has 0 atom stereocenters. The molecule has 0 radical (unpaired) electrons. The Kier molecular flexibility index (Phi) is 4.73. The summed E-state index contributed by atoms with van der Waals surface area (Å²) >= 11 is 6.07. The molecule has 158 valence electrons. The molecule has 3 heterocycles. The predicted octanol–water partition coefficient (Wildman–Crippen LogP) is 3.42. The van der Waals surface area contributed by atoms with Crippen LogP contribution in [0.3, 0.4) is 0 Å². The smallest absolute Gasteiger partial charge is 0.274 e. The quantitative estimate of drug-likeness (QED) is 0.513. The summed E-state index contributed by atoms with van der Waals surface area (Å²) in [6.07, 6.45) is 1.96. The Morgan fingerprint density at radius 2 is 1.87 bits per heavy atom. The van der Waals surface area contributed by atoms with Crippen LogP contribution < -0.4 is 5.56 Å². The molecule has 0 bridgehead atoms. The van der Waals surface area contributed by atoms with E-state index in [0.717, 1.165) is 10.9 Å². The van der Waals surface area contributed by atoms with E-state index in [0.29, 0.717) is 33.9 Å². The fraction of sp³-hybridized carbons (Fsp3) is 0.182. The molecule has 0 spiro atoms. The van der Waals surface area contributed by atoms with Crippen molar-refractivity contribution in [2.75, 3.05) is 6.54 Å². The van der Waals surface area contributed by atoms with Crippen molar-refractivity contribution in [3.63, 3.8) is 0 Å². The maximum Gasteiger partial charge on any atom is 0.274 e. The van der Waals surface area contributed by atoms with Crippen LogP contribution in [0, 0.1) is 6.92 Å². The van der Waals surface area contributed by atoms with Crippen molar-refractivity contribution in [1.82, 2.24) is 19.1 Å². The lowest BCUT2D eigenvalue weighted by molar-refractivity contribution is 0.386. The second-order valence-corrected chi connectivity index (χ2v) is 9.98. The van der Waals surface area contributed by atoms with Gasteiger partial charge in [0.05, 0.1) is 28.3 Å². The summed E-state index contributed by atoms with van der Waals surface area (Å²) in [5.41, 5.74) is 3.35. The van der Waals surface area contributed by atoms with Gasteiger partial charge in [-0.25, -0.2) is 13.1 Å². The van der Waals surface area contributed by atoms with E-state index in [1.54, 1.807) is 48.7 Å². The molecule has 0 unspecified atom stereocenters. The fourth-order valence-electron chi connectivity index (χ4n) is 3.93. The van der Waals surface area contributed by atoms with Gasteiger partial charge in [0.15, 0.2) is 0 Å². The summed E-state index contributed by atoms with van der Waals surface area (Å²) in [7, 11) is -3.65. The molecule has 5 rings (SSSR count). The molecule has 1 aliphatic rings. The highest BCUT2D eigenvalue weighted by atomic mass is 35.5. The lowest BCUT2D eigenvalue weighted by atomic mass is 10.1. The molecule has 31 heavy (non-hydrogen) atoms. The van der Waals surface area contributed by atoms with Crippen LogP contribution in [0.4, 0.5) is 0 Å². The molecule has 2 aromatic carbocycles. The van der Waals surface area contributed by atoms with Gasteiger partial charge in [0.2, 0.25) is 10.0 Å². The average molecular weight is 455 g/mol. The van der Waals surface area contributed by atoms with E-state index in [2.05, 4.69) is 10.1 Å². The number of aromatic amines is 1. The van der Waals surface area contributed by atoms with Gasteiger partial charge < -0.3 is 0 Å². The van der Waals surface area contributed by atoms with Gasteiger partial charge in [0, 0.05) is 28.7 Å². The Labute approximate surface area is 183 Å². The highest BCUT2D eigenvalue weighted by Gasteiger charge is 2.31. The molecular weight excluding hydrogens is 436 g/mol. The van der Waals surface area contributed by atoms with E-state index in [1.807, 2.05) is 13.0 Å². The van der Waals surface area contributed by atoms with E-state index in [4.69, 9.17) is 11.6 Å². The number of aromatic nitrogens is 3. The number of halogens is 1. The van der Waals surface area contributed by atoms with E-state index in [-0.39, 0.29) is 23.5 Å². The van der Waals surface area contributed by atoms with Crippen molar-refractivity contribution in [2.24, 2.45) is 0 Å². The molecular formula is C22H19ClN4O3S. The number of benzene rings is 2. The third-order valence-electron chi connectivity index (χ3n) is 5.60. The first-order valence-corrected chi connectivity index (χ1v) is 11.6. The van der Waals surface area contributed by atoms with Crippen molar-refractivity contribution >= 4 is 32.5 Å². The zero-order valence-electron chi connectivity index (χ0n) is 16.7. The van der Waals surface area contributed by atoms with Gasteiger partial charge in [0.25, 0.3) is 5.56 Å². The molecule has 1 aliphatic heterocycles. The first kappa shape index (κ1) is 20.0. The minimum Gasteiger partial charge on any atom is -0.293 e. The zero-order valence-corrected chi connectivity index (χ0v) is 18.2. The fourth-order valence-corrected chi connectivity index (χ4v) is 5.51. The molecule has 0 aliphatic carbocycles. The highest BCUT2D eigenvalue weighted by Crippen LogP contribution is 2.26. The lowest BCUT2D eigenvalue weighted by Crippen LogP contribution is -2.37. The van der Waals surface area contributed by atoms with Crippen LogP contribution in [-0.2, 0) is 23.0 Å². The average Bonchev–Trinajstić information content (AvgIpc) is 3.09. The second kappa shape index (κ2) is 7.33. The molecule has 1 N–H and O–H groups in total. The molecule has 0 saturated heterocycles. The summed E-state index contributed by atoms with van der Waals surface area (Å²) < 4.78 is 29.0. The van der Waals surface area contributed by atoms with Gasteiger partial charge in [-0.1, -0.05) is 29.3 Å². The van der Waals surface area contributed by atoms with Gasteiger partial charge >= 0.3 is 0 Å². The third kappa shape index (κ3) is 3.37. The standard InChI is InChI=1S/C22H19ClN4O3S/c1-14-2-5-16(6-3-14)31(29,30)26-11-9-18-20(13-26)25-27(22(18)28)21-8-10-24-19-12-15(23)4-7-17(19)21/h2-8,10,12,25H,9,11,13H2,1H3. The molecule has 4 aromatic rings. The Balaban J connectivity index is 1.55. The predicted molar refractivity (Wildman–Crippen MR) is 119 cm³/mol. The van der Waals surface area contributed by atoms with Gasteiger partial charge in [-0.15, -0.1) is 0 Å². The lowest BCUT2D eigenvalue weighted by Gasteiger charge is -2.25. The summed E-state index contributed by atoms with van der Waals surface area (Å²) in [6.45, 7) is 2.28. The van der Waals surface area contributed by atoms with E-state index < -0.39 is 10.0 Å². The molecule has 0 saturated carbocycles. The summed E-state index contributed by atoms with van der Waals surface area (Å²) in [4.78, 5) is 17.7. The number of rotatable bonds is 3. The maximum absolute atomic E-state index is 13.1. The van der Waals surface area contributed by atoms with E-state index >= 15 is 0 Å². The van der Waals surface area contributed by atoms with Crippen LogP contribution in [-0.4, -0.2) is 34.0 Å². The van der Waals surface area contributed by atoms with E-state index in [9.17, 15) is 13.2 Å². The monoisotopic (exact) mass is 454 g/mol. The summed E-state index contributed by atoms with van der Waals surface area (Å²) in [6, 6.07) is 13.8. The van der Waals surface area contributed by atoms with Crippen LogP contribution in [0.25, 0.3) is 16.6 Å². The number of hydrogen-bond acceptors (Lipinski definition) is 4. The van der Waals surface area contributed by atoms with Gasteiger partial charge in [-0.3, -0.25) is 14.9 Å². The Hall–Kier alpha value is -2.94. The third-order valence-corrected chi connectivity index (χ3v) is 7.69. The normalized spacial score (nSPS) is 14.6. The van der Waals surface area contributed by atoms with Crippen molar-refractivity contribution in [2.45, 2.75) is 24.8 Å². The number of fused-ring (bicyclic) bond motifs is 2. The molecule has 0 fully saturated rings. The van der Waals surface area contributed by atoms with Gasteiger partial charge in [-0.05, 0) is 49.7 Å². The number of nitrogens with zero attached hydrogens (tertiary/aromatic N) is 3. The molecule has 7 nitrogen and oxygen atoms in total. The Morgan fingerprint density at radius 1 is 1.10 bits per heavy atom. The van der Waals surface area contributed by atoms with Crippen molar-refractivity contribution < 1.29 is 8.42 Å². The van der Waals surface area contributed by atoms with Crippen molar-refractivity contribution in [3.05, 3.63) is 86.9 Å². The van der Waals surface area contributed by atoms with Crippen LogP contribution in [0.1, 0.15) is 16.8 Å². The highest BCUT2D eigenvalue weighted by molar-refractivity contribution is 7.89. The minimum absolute atomic E-state index is 0.114. The number of aryl methyl sites for hydroxylation is 1. The number of H-pyrrole nitrogens is 1. The van der Waals surface area contributed by atoms with Crippen LogP contribution in [0.2, 0.25) is 5.02 Å². The molecule has 9 heteroatoms. The minimum atomic E-state index is -3.65. The number of hydrogen-bond donors (Lipinski definition) is 1. The van der Waals surface area contributed by atoms with Gasteiger partial charge in [0.1, 0.15) is 0 Å². The summed E-state index contributed by atoms with van der Waals surface area (Å²) in [5, 5.41) is 4.46. The number of sulfonamides is 1. The zero-order chi connectivity index (χ0) is 21.8. The topological polar surface area (TPSA) is 88.1 Å². The van der Waals surface area contributed by atoms with Crippen LogP contribution in [0.15, 0.2) is 64.4 Å². The van der Waals surface area contributed by atoms with Crippen LogP contribution >= 0.6 is 11.6 Å². The first-order chi connectivity index (χ1) is 14.8. The molecule has 0 amide bonds. The van der Waals surface area contributed by atoms with Crippen molar-refractivity contribution in [3.8, 4) is 5.69 Å². The maximum atomic E-state index is 13.1. The second-order valence-electron chi connectivity index (χ2n) is 7.60. The Bertz CT molecular complexity index is 1470. The molecule has 2 aromatic heterocycles. The van der Waals surface area contributed by atoms with Crippen molar-refractivity contribution in [1.29, 1.82) is 0 Å². The van der Waals surface area contributed by atoms with Crippen LogP contribution in [0.5, 0.6) is 0 Å². The SMILES string of the molecule is Cc1ccc(S(=O)(=O)N2CCc3c([nH]n(-c4ccnc5cc(Cl)ccc45)c3=O)C2)cc1. The number of nitrogens with one attached hydrogen (secondary N) is 1. The Morgan fingerprint density at radius 3 is 2.65 bits per heavy atom. The largest absolute Gasteiger partial charge is 0.293 e. The number of pyridine rings is 1.